The number of aromatic nitrogens is 5. The third-order valence-electron chi connectivity index (χ3n) is 4.98. The van der Waals surface area contributed by atoms with Crippen molar-refractivity contribution in [1.82, 2.24) is 24.7 Å². The SMILES string of the molecule is Cc1cc(-c2cc(C(=O)Nc3cncnc3N(C)C)c3cnn(C(C)C)c3n2)c(C)s1. The molecule has 0 saturated heterocycles. The number of carbonyl (C=O) groups is 1. The van der Waals surface area contributed by atoms with Crippen LogP contribution >= 0.6 is 11.3 Å². The first-order chi connectivity index (χ1) is 14.8. The fraction of sp³-hybridized carbons (Fsp3) is 0.318. The number of thiophene rings is 1. The summed E-state index contributed by atoms with van der Waals surface area (Å²) in [5.74, 6) is 0.385. The Bertz CT molecular complexity index is 1270. The van der Waals surface area contributed by atoms with E-state index in [0.29, 0.717) is 28.1 Å². The summed E-state index contributed by atoms with van der Waals surface area (Å²) in [6, 6.07) is 4.07. The maximum absolute atomic E-state index is 13.4. The van der Waals surface area contributed by atoms with Crippen LogP contribution in [0, 0.1) is 13.8 Å². The van der Waals surface area contributed by atoms with Crippen LogP contribution in [-0.2, 0) is 0 Å². The van der Waals surface area contributed by atoms with Gasteiger partial charge in [0.2, 0.25) is 0 Å². The number of carbonyl (C=O) groups excluding carboxylic acids is 1. The van der Waals surface area contributed by atoms with Gasteiger partial charge in [0.1, 0.15) is 12.0 Å². The molecule has 0 aliphatic heterocycles. The van der Waals surface area contributed by atoms with Gasteiger partial charge in [-0.1, -0.05) is 0 Å². The minimum Gasteiger partial charge on any atom is -0.361 e. The number of rotatable bonds is 5. The Kier molecular flexibility index (Phi) is 5.45. The van der Waals surface area contributed by atoms with Crippen molar-refractivity contribution in [2.75, 3.05) is 24.3 Å². The Morgan fingerprint density at radius 3 is 2.61 bits per heavy atom. The Morgan fingerprint density at radius 1 is 1.19 bits per heavy atom. The van der Waals surface area contributed by atoms with Gasteiger partial charge in [-0.2, -0.15) is 5.10 Å². The molecule has 0 radical (unpaired) electrons. The standard InChI is InChI=1S/C22H25N7OS/c1-12(2)29-20-17(9-25-29)16(8-18(26-20)15-7-13(3)31-14(15)4)22(30)27-19-10-23-11-24-21(19)28(5)6/h7-12H,1-6H3,(H,27,30). The van der Waals surface area contributed by atoms with E-state index < -0.39 is 0 Å². The molecule has 4 aromatic rings. The third kappa shape index (κ3) is 3.88. The van der Waals surface area contributed by atoms with Crippen molar-refractivity contribution in [3.05, 3.63) is 46.2 Å². The summed E-state index contributed by atoms with van der Waals surface area (Å²) >= 11 is 1.72. The van der Waals surface area contributed by atoms with E-state index in [-0.39, 0.29) is 11.9 Å². The second-order valence-electron chi connectivity index (χ2n) is 7.91. The lowest BCUT2D eigenvalue weighted by atomic mass is 10.1. The van der Waals surface area contributed by atoms with Gasteiger partial charge >= 0.3 is 0 Å². The van der Waals surface area contributed by atoms with E-state index in [0.717, 1.165) is 16.1 Å². The van der Waals surface area contributed by atoms with Crippen LogP contribution in [0.25, 0.3) is 22.3 Å². The molecule has 1 N–H and O–H groups in total. The molecule has 160 valence electrons. The summed E-state index contributed by atoms with van der Waals surface area (Å²) in [4.78, 5) is 30.8. The molecule has 0 atom stereocenters. The van der Waals surface area contributed by atoms with Gasteiger partial charge in [-0.25, -0.2) is 19.6 Å². The van der Waals surface area contributed by atoms with Crippen LogP contribution in [0.15, 0.2) is 30.9 Å². The second-order valence-corrected chi connectivity index (χ2v) is 9.37. The number of nitrogens with one attached hydrogen (secondary N) is 1. The number of hydrogen-bond acceptors (Lipinski definition) is 7. The van der Waals surface area contributed by atoms with Crippen LogP contribution in [-0.4, -0.2) is 44.7 Å². The average molecular weight is 436 g/mol. The average Bonchev–Trinajstić information content (AvgIpc) is 3.29. The van der Waals surface area contributed by atoms with Gasteiger partial charge in [-0.05, 0) is 39.8 Å². The van der Waals surface area contributed by atoms with Crippen LogP contribution in [0.4, 0.5) is 11.5 Å². The number of aryl methyl sites for hydroxylation is 2. The zero-order valence-electron chi connectivity index (χ0n) is 18.5. The highest BCUT2D eigenvalue weighted by molar-refractivity contribution is 7.12. The Hall–Kier alpha value is -3.33. The summed E-state index contributed by atoms with van der Waals surface area (Å²) in [5, 5.41) is 8.18. The lowest BCUT2D eigenvalue weighted by molar-refractivity contribution is 0.102. The van der Waals surface area contributed by atoms with Crippen molar-refractivity contribution in [2.24, 2.45) is 0 Å². The second kappa shape index (κ2) is 8.07. The number of pyridine rings is 1. The summed E-state index contributed by atoms with van der Waals surface area (Å²) in [7, 11) is 3.74. The Balaban J connectivity index is 1.87. The molecule has 4 rings (SSSR count). The monoisotopic (exact) mass is 435 g/mol. The minimum atomic E-state index is -0.250. The summed E-state index contributed by atoms with van der Waals surface area (Å²) in [6.45, 7) is 8.24. The predicted molar refractivity (Wildman–Crippen MR) is 125 cm³/mol. The molecule has 0 aromatic carbocycles. The maximum atomic E-state index is 13.4. The number of amides is 1. The first kappa shape index (κ1) is 20.9. The normalized spacial score (nSPS) is 11.3. The molecule has 9 heteroatoms. The van der Waals surface area contributed by atoms with Crippen LogP contribution < -0.4 is 10.2 Å². The van der Waals surface area contributed by atoms with E-state index in [9.17, 15) is 4.79 Å². The number of anilines is 2. The van der Waals surface area contributed by atoms with Crippen molar-refractivity contribution >= 4 is 39.8 Å². The van der Waals surface area contributed by atoms with E-state index in [1.807, 2.05) is 43.6 Å². The van der Waals surface area contributed by atoms with Gasteiger partial charge in [0.05, 0.1) is 29.0 Å². The van der Waals surface area contributed by atoms with Gasteiger partial charge < -0.3 is 10.2 Å². The molecule has 0 saturated carbocycles. The van der Waals surface area contributed by atoms with E-state index in [4.69, 9.17) is 4.98 Å². The third-order valence-corrected chi connectivity index (χ3v) is 5.95. The van der Waals surface area contributed by atoms with Gasteiger partial charge in [0.15, 0.2) is 11.5 Å². The first-order valence-electron chi connectivity index (χ1n) is 10.0. The zero-order chi connectivity index (χ0) is 22.3. The van der Waals surface area contributed by atoms with Crippen LogP contribution in [0.1, 0.15) is 40.0 Å². The summed E-state index contributed by atoms with van der Waals surface area (Å²) < 4.78 is 1.85. The van der Waals surface area contributed by atoms with E-state index in [1.54, 1.807) is 23.7 Å². The molecule has 31 heavy (non-hydrogen) atoms. The molecule has 0 aliphatic rings. The molecule has 0 spiro atoms. The fourth-order valence-corrected chi connectivity index (χ4v) is 4.50. The molecule has 0 bridgehead atoms. The van der Waals surface area contributed by atoms with Gasteiger partial charge in [-0.15, -0.1) is 11.3 Å². The predicted octanol–water partition coefficient (Wildman–Crippen LogP) is 4.47. The summed E-state index contributed by atoms with van der Waals surface area (Å²) in [5.41, 5.74) is 3.55. The lowest BCUT2D eigenvalue weighted by Crippen LogP contribution is -2.18. The van der Waals surface area contributed by atoms with Crippen LogP contribution in [0.3, 0.4) is 0 Å². The highest BCUT2D eigenvalue weighted by atomic mass is 32.1. The summed E-state index contributed by atoms with van der Waals surface area (Å²) in [6.07, 6.45) is 4.77. The fourth-order valence-electron chi connectivity index (χ4n) is 3.56. The molecular weight excluding hydrogens is 410 g/mol. The Labute approximate surface area is 185 Å². The highest BCUT2D eigenvalue weighted by Crippen LogP contribution is 2.33. The minimum absolute atomic E-state index is 0.115. The smallest absolute Gasteiger partial charge is 0.256 e. The first-order valence-corrected chi connectivity index (χ1v) is 10.8. The maximum Gasteiger partial charge on any atom is 0.256 e. The number of hydrogen-bond donors (Lipinski definition) is 1. The van der Waals surface area contributed by atoms with Crippen LogP contribution in [0.2, 0.25) is 0 Å². The van der Waals surface area contributed by atoms with Gasteiger partial charge in [-0.3, -0.25) is 4.79 Å². The molecular formula is C22H25N7OS. The highest BCUT2D eigenvalue weighted by Gasteiger charge is 2.21. The number of nitrogens with zero attached hydrogens (tertiary/aromatic N) is 6. The Morgan fingerprint density at radius 2 is 1.97 bits per heavy atom. The molecule has 0 unspecified atom stereocenters. The molecule has 0 fully saturated rings. The van der Waals surface area contributed by atoms with Crippen molar-refractivity contribution in [3.8, 4) is 11.3 Å². The van der Waals surface area contributed by atoms with E-state index in [1.165, 1.54) is 11.2 Å². The number of fused-ring (bicyclic) bond motifs is 1. The zero-order valence-corrected chi connectivity index (χ0v) is 19.3. The van der Waals surface area contributed by atoms with Crippen molar-refractivity contribution in [2.45, 2.75) is 33.7 Å². The van der Waals surface area contributed by atoms with Crippen LogP contribution in [0.5, 0.6) is 0 Å². The van der Waals surface area contributed by atoms with Gasteiger partial charge in [0, 0.05) is 35.5 Å². The lowest BCUT2D eigenvalue weighted by Gasteiger charge is -2.16. The van der Waals surface area contributed by atoms with E-state index in [2.05, 4.69) is 40.3 Å². The molecule has 1 amide bonds. The van der Waals surface area contributed by atoms with Crippen molar-refractivity contribution < 1.29 is 4.79 Å². The van der Waals surface area contributed by atoms with Crippen molar-refractivity contribution in [3.63, 3.8) is 0 Å². The molecule has 4 heterocycles. The van der Waals surface area contributed by atoms with Crippen molar-refractivity contribution in [1.29, 1.82) is 0 Å². The molecule has 0 aliphatic carbocycles. The topological polar surface area (TPSA) is 88.8 Å². The van der Waals surface area contributed by atoms with E-state index >= 15 is 0 Å². The largest absolute Gasteiger partial charge is 0.361 e. The quantitative estimate of drug-likeness (QED) is 0.498. The molecule has 8 nitrogen and oxygen atoms in total. The van der Waals surface area contributed by atoms with Gasteiger partial charge in [0.25, 0.3) is 5.91 Å². The molecule has 4 aromatic heterocycles.